The lowest BCUT2D eigenvalue weighted by Crippen LogP contribution is -2.51. The fourth-order valence-corrected chi connectivity index (χ4v) is 4.45. The van der Waals surface area contributed by atoms with Crippen LogP contribution < -0.4 is 9.47 Å². The molecule has 1 aromatic rings. The summed E-state index contributed by atoms with van der Waals surface area (Å²) in [5, 5.41) is 0. The Balaban J connectivity index is 1.32. The SMILES string of the molecule is CC1CN(C(=O)C2CCN(Cc3cccc4c3OCCO4)CC2)CC(C)O1. The highest BCUT2D eigenvalue weighted by Crippen LogP contribution is 2.35. The monoisotopic (exact) mass is 374 g/mol. The molecule has 148 valence electrons. The molecule has 3 aliphatic heterocycles. The number of likely N-dealkylation sites (tertiary alicyclic amines) is 1. The lowest BCUT2D eigenvalue weighted by atomic mass is 9.94. The number of hydrogen-bond acceptors (Lipinski definition) is 5. The molecular weight excluding hydrogens is 344 g/mol. The second-order valence-corrected chi connectivity index (χ2v) is 7.99. The van der Waals surface area contributed by atoms with Crippen molar-refractivity contribution in [3.05, 3.63) is 23.8 Å². The van der Waals surface area contributed by atoms with Crippen molar-refractivity contribution in [2.75, 3.05) is 39.4 Å². The summed E-state index contributed by atoms with van der Waals surface area (Å²) >= 11 is 0. The molecule has 2 unspecified atom stereocenters. The molecule has 6 nitrogen and oxygen atoms in total. The number of ether oxygens (including phenoxy) is 3. The molecule has 2 atom stereocenters. The number of nitrogens with zero attached hydrogens (tertiary/aromatic N) is 2. The zero-order valence-electron chi connectivity index (χ0n) is 16.4. The number of carbonyl (C=O) groups excluding carboxylic acids is 1. The van der Waals surface area contributed by atoms with Crippen molar-refractivity contribution in [2.45, 2.75) is 45.4 Å². The third-order valence-electron chi connectivity index (χ3n) is 5.71. The van der Waals surface area contributed by atoms with E-state index < -0.39 is 0 Å². The van der Waals surface area contributed by atoms with Gasteiger partial charge in [-0.1, -0.05) is 12.1 Å². The second-order valence-electron chi connectivity index (χ2n) is 7.99. The molecular formula is C21H30N2O4. The minimum atomic E-state index is 0.129. The van der Waals surface area contributed by atoms with Crippen LogP contribution in [0, 0.1) is 5.92 Å². The summed E-state index contributed by atoms with van der Waals surface area (Å²) in [7, 11) is 0. The number of rotatable bonds is 3. The summed E-state index contributed by atoms with van der Waals surface area (Å²) in [5.74, 6) is 2.19. The molecule has 0 radical (unpaired) electrons. The number of fused-ring (bicyclic) bond motifs is 1. The van der Waals surface area contributed by atoms with Gasteiger partial charge in [0.1, 0.15) is 13.2 Å². The molecule has 0 aliphatic carbocycles. The van der Waals surface area contributed by atoms with Crippen LogP contribution in [0.4, 0.5) is 0 Å². The van der Waals surface area contributed by atoms with Crippen LogP contribution in [-0.4, -0.2) is 67.3 Å². The Morgan fingerprint density at radius 1 is 1.07 bits per heavy atom. The predicted molar refractivity (Wildman–Crippen MR) is 102 cm³/mol. The van der Waals surface area contributed by atoms with Crippen LogP contribution in [-0.2, 0) is 16.1 Å². The van der Waals surface area contributed by atoms with E-state index in [-0.39, 0.29) is 18.1 Å². The lowest BCUT2D eigenvalue weighted by molar-refractivity contribution is -0.148. The van der Waals surface area contributed by atoms with Gasteiger partial charge in [-0.15, -0.1) is 0 Å². The fourth-order valence-electron chi connectivity index (χ4n) is 4.45. The van der Waals surface area contributed by atoms with Gasteiger partial charge in [0.2, 0.25) is 5.91 Å². The van der Waals surface area contributed by atoms with Gasteiger partial charge < -0.3 is 19.1 Å². The molecule has 1 amide bonds. The molecule has 4 rings (SSSR count). The smallest absolute Gasteiger partial charge is 0.225 e. The van der Waals surface area contributed by atoms with Crippen molar-refractivity contribution in [3.8, 4) is 11.5 Å². The molecule has 0 spiro atoms. The molecule has 3 aliphatic rings. The first kappa shape index (κ1) is 18.6. The number of hydrogen-bond donors (Lipinski definition) is 0. The molecule has 0 aromatic heterocycles. The number of benzene rings is 1. The first-order valence-electron chi connectivity index (χ1n) is 10.1. The Hall–Kier alpha value is -1.79. The molecule has 0 saturated carbocycles. The number of piperidine rings is 1. The summed E-state index contributed by atoms with van der Waals surface area (Å²) in [4.78, 5) is 17.3. The van der Waals surface area contributed by atoms with Gasteiger partial charge in [0.05, 0.1) is 12.2 Å². The van der Waals surface area contributed by atoms with E-state index in [2.05, 4.69) is 11.0 Å². The summed E-state index contributed by atoms with van der Waals surface area (Å²) in [6.45, 7) is 9.48. The highest BCUT2D eigenvalue weighted by Gasteiger charge is 2.32. The van der Waals surface area contributed by atoms with E-state index in [9.17, 15) is 4.79 Å². The molecule has 1 aromatic carbocycles. The summed E-state index contributed by atoms with van der Waals surface area (Å²) in [6.07, 6.45) is 2.10. The summed E-state index contributed by atoms with van der Waals surface area (Å²) < 4.78 is 17.3. The number of carbonyl (C=O) groups is 1. The molecule has 2 fully saturated rings. The number of para-hydroxylation sites is 1. The predicted octanol–water partition coefficient (Wildman–Crippen LogP) is 2.31. The van der Waals surface area contributed by atoms with Gasteiger partial charge in [0.15, 0.2) is 11.5 Å². The van der Waals surface area contributed by atoms with E-state index in [1.807, 2.05) is 30.9 Å². The first-order valence-corrected chi connectivity index (χ1v) is 10.1. The maximum Gasteiger partial charge on any atom is 0.225 e. The van der Waals surface area contributed by atoms with Gasteiger partial charge in [-0.2, -0.15) is 0 Å². The van der Waals surface area contributed by atoms with Gasteiger partial charge in [-0.25, -0.2) is 0 Å². The van der Waals surface area contributed by atoms with Crippen molar-refractivity contribution in [1.82, 2.24) is 9.80 Å². The van der Waals surface area contributed by atoms with Gasteiger partial charge in [-0.3, -0.25) is 9.69 Å². The molecule has 3 heterocycles. The van der Waals surface area contributed by atoms with E-state index in [1.165, 1.54) is 5.56 Å². The molecule has 0 N–H and O–H groups in total. The third-order valence-corrected chi connectivity index (χ3v) is 5.71. The average molecular weight is 374 g/mol. The van der Waals surface area contributed by atoms with E-state index in [0.29, 0.717) is 19.1 Å². The van der Waals surface area contributed by atoms with Crippen LogP contribution in [0.2, 0.25) is 0 Å². The molecule has 6 heteroatoms. The standard InChI is InChI=1S/C21H30N2O4/c1-15-12-23(13-16(2)27-15)21(24)17-6-8-22(9-7-17)14-18-4-3-5-19-20(18)26-11-10-25-19/h3-5,15-17H,6-14H2,1-2H3. The Morgan fingerprint density at radius 2 is 1.78 bits per heavy atom. The summed E-state index contributed by atoms with van der Waals surface area (Å²) in [5.41, 5.74) is 1.17. The third kappa shape index (κ3) is 4.22. The fraction of sp³-hybridized carbons (Fsp3) is 0.667. The topological polar surface area (TPSA) is 51.2 Å². The van der Waals surface area contributed by atoms with Crippen LogP contribution in [0.3, 0.4) is 0 Å². The van der Waals surface area contributed by atoms with Gasteiger partial charge >= 0.3 is 0 Å². The Morgan fingerprint density at radius 3 is 2.52 bits per heavy atom. The quantitative estimate of drug-likeness (QED) is 0.813. The maximum absolute atomic E-state index is 12.9. The normalized spacial score (nSPS) is 26.8. The van der Waals surface area contributed by atoms with Crippen molar-refractivity contribution in [3.63, 3.8) is 0 Å². The van der Waals surface area contributed by atoms with Crippen molar-refractivity contribution < 1.29 is 19.0 Å². The van der Waals surface area contributed by atoms with E-state index >= 15 is 0 Å². The van der Waals surface area contributed by atoms with Crippen LogP contribution in [0.15, 0.2) is 18.2 Å². The zero-order chi connectivity index (χ0) is 18.8. The molecule has 27 heavy (non-hydrogen) atoms. The zero-order valence-corrected chi connectivity index (χ0v) is 16.4. The van der Waals surface area contributed by atoms with Crippen LogP contribution in [0.25, 0.3) is 0 Å². The van der Waals surface area contributed by atoms with E-state index in [0.717, 1.165) is 57.1 Å². The van der Waals surface area contributed by atoms with E-state index in [4.69, 9.17) is 14.2 Å². The van der Waals surface area contributed by atoms with Crippen molar-refractivity contribution >= 4 is 5.91 Å². The minimum Gasteiger partial charge on any atom is -0.486 e. The van der Waals surface area contributed by atoms with E-state index in [1.54, 1.807) is 0 Å². The largest absolute Gasteiger partial charge is 0.486 e. The van der Waals surface area contributed by atoms with Crippen molar-refractivity contribution in [1.29, 1.82) is 0 Å². The van der Waals surface area contributed by atoms with Crippen molar-refractivity contribution in [2.24, 2.45) is 5.92 Å². The first-order chi connectivity index (χ1) is 13.1. The summed E-state index contributed by atoms with van der Waals surface area (Å²) in [6, 6.07) is 6.11. The Kier molecular flexibility index (Phi) is 5.55. The lowest BCUT2D eigenvalue weighted by Gasteiger charge is -2.39. The molecule has 0 bridgehead atoms. The minimum absolute atomic E-state index is 0.129. The van der Waals surface area contributed by atoms with Crippen LogP contribution in [0.5, 0.6) is 11.5 Å². The molecule has 2 saturated heterocycles. The average Bonchev–Trinajstić information content (AvgIpc) is 2.68. The van der Waals surface area contributed by atoms with Gasteiger partial charge in [-0.05, 0) is 45.8 Å². The van der Waals surface area contributed by atoms with Crippen LogP contribution in [0.1, 0.15) is 32.3 Å². The van der Waals surface area contributed by atoms with Gasteiger partial charge in [0.25, 0.3) is 0 Å². The number of amides is 1. The Labute approximate surface area is 161 Å². The Bertz CT molecular complexity index is 662. The van der Waals surface area contributed by atoms with Crippen LogP contribution >= 0.6 is 0 Å². The number of morpholine rings is 1. The van der Waals surface area contributed by atoms with Gasteiger partial charge in [0, 0.05) is 31.1 Å². The highest BCUT2D eigenvalue weighted by atomic mass is 16.6. The maximum atomic E-state index is 12.9. The second kappa shape index (κ2) is 8.07. The highest BCUT2D eigenvalue weighted by molar-refractivity contribution is 5.79.